The summed E-state index contributed by atoms with van der Waals surface area (Å²) in [5.74, 6) is 0.613. The van der Waals surface area contributed by atoms with Crippen LogP contribution in [-0.4, -0.2) is 23.8 Å². The van der Waals surface area contributed by atoms with E-state index in [2.05, 4.69) is 33.0 Å². The van der Waals surface area contributed by atoms with Crippen LogP contribution in [0, 0.1) is 0 Å². The van der Waals surface area contributed by atoms with Gasteiger partial charge in [-0.05, 0) is 71.6 Å². The van der Waals surface area contributed by atoms with Crippen LogP contribution in [0.15, 0.2) is 95.0 Å². The van der Waals surface area contributed by atoms with Crippen LogP contribution in [0.5, 0.6) is 17.2 Å². The van der Waals surface area contributed by atoms with Crippen LogP contribution in [0.2, 0.25) is 0 Å². The Morgan fingerprint density at radius 2 is 1.78 bits per heavy atom. The summed E-state index contributed by atoms with van der Waals surface area (Å²) in [6.07, 6.45) is 3.89. The third-order valence-corrected chi connectivity index (χ3v) is 6.13. The minimum atomic E-state index is -0.509. The Balaban J connectivity index is 1.54. The molecule has 0 bridgehead atoms. The number of amides is 1. The number of carbonyl (C=O) groups excluding carboxylic acids is 1. The van der Waals surface area contributed by atoms with Crippen LogP contribution in [0.3, 0.4) is 0 Å². The standard InChI is InChI=1S/C30H27BrN2O4/c1-3-7-24-14-21(15-28(36-4-2)29(24)37-19-20-10-12-25(31)13-11-20)18-32-33-30(35)26-16-22-8-5-6-9-23(22)17-27(26)34/h3,5-6,8-18,34H,1,4,7,19H2,2H3,(H,33,35). The van der Waals surface area contributed by atoms with E-state index in [-0.39, 0.29) is 11.3 Å². The quantitative estimate of drug-likeness (QED) is 0.128. The summed E-state index contributed by atoms with van der Waals surface area (Å²) < 4.78 is 13.1. The van der Waals surface area contributed by atoms with Crippen LogP contribution in [0.4, 0.5) is 0 Å². The minimum Gasteiger partial charge on any atom is -0.507 e. The van der Waals surface area contributed by atoms with Gasteiger partial charge in [-0.25, -0.2) is 5.43 Å². The zero-order chi connectivity index (χ0) is 26.2. The molecular formula is C30H27BrN2O4. The summed E-state index contributed by atoms with van der Waals surface area (Å²) in [4.78, 5) is 12.7. The molecule has 0 aromatic heterocycles. The third-order valence-electron chi connectivity index (χ3n) is 5.60. The van der Waals surface area contributed by atoms with Crippen molar-refractivity contribution >= 4 is 38.8 Å². The molecule has 0 aliphatic carbocycles. The lowest BCUT2D eigenvalue weighted by atomic mass is 10.1. The molecule has 0 unspecified atom stereocenters. The molecular weight excluding hydrogens is 532 g/mol. The first kappa shape index (κ1) is 26.0. The SMILES string of the molecule is C=CCc1cc(C=NNC(=O)c2cc3ccccc3cc2O)cc(OCC)c1OCc1ccc(Br)cc1. The molecule has 6 nitrogen and oxygen atoms in total. The van der Waals surface area contributed by atoms with Gasteiger partial charge in [0.15, 0.2) is 11.5 Å². The minimum absolute atomic E-state index is 0.106. The molecule has 2 N–H and O–H groups in total. The lowest BCUT2D eigenvalue weighted by Gasteiger charge is -2.17. The second-order valence-electron chi connectivity index (χ2n) is 8.26. The number of carbonyl (C=O) groups is 1. The number of hydrazone groups is 1. The van der Waals surface area contributed by atoms with E-state index < -0.39 is 5.91 Å². The van der Waals surface area contributed by atoms with Crippen LogP contribution < -0.4 is 14.9 Å². The molecule has 0 aliphatic heterocycles. The van der Waals surface area contributed by atoms with E-state index in [1.807, 2.05) is 67.6 Å². The van der Waals surface area contributed by atoms with Crippen LogP contribution in [-0.2, 0) is 13.0 Å². The fraction of sp³-hybridized carbons (Fsp3) is 0.133. The third kappa shape index (κ3) is 6.57. The second-order valence-corrected chi connectivity index (χ2v) is 9.18. The Bertz CT molecular complexity index is 1450. The highest BCUT2D eigenvalue weighted by molar-refractivity contribution is 9.10. The number of aromatic hydroxyl groups is 1. The molecule has 4 aromatic rings. The van der Waals surface area contributed by atoms with E-state index in [0.717, 1.165) is 31.9 Å². The van der Waals surface area contributed by atoms with Crippen molar-refractivity contribution in [2.24, 2.45) is 5.10 Å². The van der Waals surface area contributed by atoms with Gasteiger partial charge in [0.1, 0.15) is 12.4 Å². The van der Waals surface area contributed by atoms with Gasteiger partial charge in [-0.15, -0.1) is 6.58 Å². The zero-order valence-corrected chi connectivity index (χ0v) is 22.0. The van der Waals surface area contributed by atoms with Gasteiger partial charge in [-0.1, -0.05) is 58.4 Å². The summed E-state index contributed by atoms with van der Waals surface area (Å²) in [5, 5.41) is 16.1. The Morgan fingerprint density at radius 3 is 2.49 bits per heavy atom. The van der Waals surface area contributed by atoms with Gasteiger partial charge in [-0.3, -0.25) is 4.79 Å². The molecule has 1 amide bonds. The van der Waals surface area contributed by atoms with Crippen molar-refractivity contribution in [3.63, 3.8) is 0 Å². The molecule has 0 fully saturated rings. The smallest absolute Gasteiger partial charge is 0.275 e. The number of halogens is 1. The van der Waals surface area contributed by atoms with Gasteiger partial charge in [0.05, 0.1) is 18.4 Å². The second kappa shape index (κ2) is 12.2. The van der Waals surface area contributed by atoms with E-state index in [1.165, 1.54) is 6.21 Å². The van der Waals surface area contributed by atoms with Crippen LogP contribution >= 0.6 is 15.9 Å². The number of fused-ring (bicyclic) bond motifs is 1. The number of allylic oxidation sites excluding steroid dienone is 1. The number of benzene rings is 4. The largest absolute Gasteiger partial charge is 0.507 e. The lowest BCUT2D eigenvalue weighted by Crippen LogP contribution is -2.17. The summed E-state index contributed by atoms with van der Waals surface area (Å²) >= 11 is 3.45. The highest BCUT2D eigenvalue weighted by Crippen LogP contribution is 2.34. The van der Waals surface area contributed by atoms with Crippen molar-refractivity contribution in [1.29, 1.82) is 0 Å². The number of nitrogens with one attached hydrogen (secondary N) is 1. The van der Waals surface area contributed by atoms with Crippen LogP contribution in [0.1, 0.15) is 34.0 Å². The first-order chi connectivity index (χ1) is 18.0. The average molecular weight is 559 g/mol. The maximum absolute atomic E-state index is 12.7. The van der Waals surface area contributed by atoms with Crippen molar-refractivity contribution in [3.05, 3.63) is 112 Å². The van der Waals surface area contributed by atoms with Gasteiger partial charge in [0, 0.05) is 10.0 Å². The maximum atomic E-state index is 12.7. The molecule has 0 atom stereocenters. The molecule has 7 heteroatoms. The topological polar surface area (TPSA) is 80.2 Å². The van der Waals surface area contributed by atoms with Crippen molar-refractivity contribution in [3.8, 4) is 17.2 Å². The molecule has 0 saturated heterocycles. The van der Waals surface area contributed by atoms with Crippen LogP contribution in [0.25, 0.3) is 10.8 Å². The first-order valence-corrected chi connectivity index (χ1v) is 12.6. The number of hydrogen-bond donors (Lipinski definition) is 2. The zero-order valence-electron chi connectivity index (χ0n) is 20.4. The number of rotatable bonds is 10. The highest BCUT2D eigenvalue weighted by atomic mass is 79.9. The van der Waals surface area contributed by atoms with Crippen molar-refractivity contribution in [2.75, 3.05) is 6.61 Å². The summed E-state index contributed by atoms with van der Waals surface area (Å²) in [7, 11) is 0. The van der Waals surface area contributed by atoms with Crippen molar-refractivity contribution in [1.82, 2.24) is 5.43 Å². The van der Waals surface area contributed by atoms with E-state index >= 15 is 0 Å². The van der Waals surface area contributed by atoms with Gasteiger partial charge in [0.2, 0.25) is 0 Å². The monoisotopic (exact) mass is 558 g/mol. The number of phenolic OH excluding ortho intramolecular Hbond substituents is 1. The van der Waals surface area contributed by atoms with Gasteiger partial charge in [-0.2, -0.15) is 5.10 Å². The Kier molecular flexibility index (Phi) is 8.59. The molecule has 0 aliphatic rings. The van der Waals surface area contributed by atoms with E-state index in [4.69, 9.17) is 9.47 Å². The van der Waals surface area contributed by atoms with Crippen molar-refractivity contribution in [2.45, 2.75) is 20.0 Å². The Morgan fingerprint density at radius 1 is 1.05 bits per heavy atom. The molecule has 4 rings (SSSR count). The lowest BCUT2D eigenvalue weighted by molar-refractivity contribution is 0.0952. The molecule has 188 valence electrons. The fourth-order valence-electron chi connectivity index (χ4n) is 3.86. The van der Waals surface area contributed by atoms with Crippen molar-refractivity contribution < 1.29 is 19.4 Å². The molecule has 0 radical (unpaired) electrons. The fourth-order valence-corrected chi connectivity index (χ4v) is 4.13. The van der Waals surface area contributed by atoms with E-state index in [0.29, 0.717) is 31.1 Å². The normalized spacial score (nSPS) is 11.0. The summed E-state index contributed by atoms with van der Waals surface area (Å²) in [5.41, 5.74) is 5.28. The number of nitrogens with zero attached hydrogens (tertiary/aromatic N) is 1. The molecule has 37 heavy (non-hydrogen) atoms. The summed E-state index contributed by atoms with van der Waals surface area (Å²) in [6.45, 7) is 6.61. The number of ether oxygens (including phenoxy) is 2. The highest BCUT2D eigenvalue weighted by Gasteiger charge is 2.14. The van der Waals surface area contributed by atoms with Gasteiger partial charge >= 0.3 is 0 Å². The van der Waals surface area contributed by atoms with Gasteiger partial charge < -0.3 is 14.6 Å². The van der Waals surface area contributed by atoms with Gasteiger partial charge in [0.25, 0.3) is 5.91 Å². The molecule has 0 spiro atoms. The average Bonchev–Trinajstić information content (AvgIpc) is 2.89. The number of phenols is 1. The maximum Gasteiger partial charge on any atom is 0.275 e. The van der Waals surface area contributed by atoms with E-state index in [1.54, 1.807) is 18.2 Å². The molecule has 0 heterocycles. The van der Waals surface area contributed by atoms with E-state index in [9.17, 15) is 9.90 Å². The predicted molar refractivity (Wildman–Crippen MR) is 151 cm³/mol. The molecule has 0 saturated carbocycles. The number of hydrogen-bond acceptors (Lipinski definition) is 5. The Labute approximate surface area is 224 Å². The first-order valence-electron chi connectivity index (χ1n) is 11.8. The summed E-state index contributed by atoms with van der Waals surface area (Å²) in [6, 6.07) is 22.4. The Hall–Kier alpha value is -4.10. The predicted octanol–water partition coefficient (Wildman–Crippen LogP) is 6.78. The molecule has 4 aromatic carbocycles.